The molecule has 0 unspecified atom stereocenters. The van der Waals surface area contributed by atoms with Gasteiger partial charge in [-0.25, -0.2) is 13.4 Å². The Labute approximate surface area is 175 Å². The van der Waals surface area contributed by atoms with Crippen molar-refractivity contribution in [2.75, 3.05) is 17.3 Å². The zero-order chi connectivity index (χ0) is 20.8. The van der Waals surface area contributed by atoms with E-state index in [-0.39, 0.29) is 23.3 Å². The normalized spacial score (nSPS) is 18.5. The number of hydrogen-bond acceptors (Lipinski definition) is 5. The summed E-state index contributed by atoms with van der Waals surface area (Å²) in [4.78, 5) is 17.6. The summed E-state index contributed by atoms with van der Waals surface area (Å²) < 4.78 is 27.9. The van der Waals surface area contributed by atoms with Crippen molar-refractivity contribution in [3.8, 4) is 0 Å². The van der Waals surface area contributed by atoms with E-state index in [2.05, 4.69) is 16.5 Å². The van der Waals surface area contributed by atoms with Gasteiger partial charge in [-0.2, -0.15) is 0 Å². The number of Topliss-reactive ketones (excluding diaryl/α,β-unsaturated/α-hetero) is 1. The molecule has 0 bridgehead atoms. The molecule has 1 aliphatic rings. The number of aryl methyl sites for hydroxylation is 2. The summed E-state index contributed by atoms with van der Waals surface area (Å²) in [5.41, 5.74) is 4.49. The average Bonchev–Trinajstić information content (AvgIpc) is 3.31. The lowest BCUT2D eigenvalue weighted by Crippen LogP contribution is -2.14. The Morgan fingerprint density at radius 1 is 1.28 bits per heavy atom. The van der Waals surface area contributed by atoms with Crippen molar-refractivity contribution in [1.29, 1.82) is 0 Å². The summed E-state index contributed by atoms with van der Waals surface area (Å²) >= 11 is 1.45. The summed E-state index contributed by atoms with van der Waals surface area (Å²) in [6.07, 6.45) is 0.613. The van der Waals surface area contributed by atoms with Crippen LogP contribution in [0.5, 0.6) is 0 Å². The van der Waals surface area contributed by atoms with Gasteiger partial charge in [-0.3, -0.25) is 4.79 Å². The van der Waals surface area contributed by atoms with Crippen molar-refractivity contribution < 1.29 is 13.2 Å². The number of benzene rings is 1. The zero-order valence-electron chi connectivity index (χ0n) is 16.9. The first-order valence-corrected chi connectivity index (χ1v) is 12.6. The Balaban J connectivity index is 1.55. The molecule has 1 fully saturated rings. The number of hydrogen-bond donors (Lipinski definition) is 0. The second-order valence-corrected chi connectivity index (χ2v) is 10.7. The minimum Gasteiger partial charge on any atom is -0.344 e. The first-order chi connectivity index (χ1) is 13.8. The Hall–Kier alpha value is -2.06. The van der Waals surface area contributed by atoms with Crippen molar-refractivity contribution in [3.05, 3.63) is 47.3 Å². The van der Waals surface area contributed by atoms with E-state index in [0.717, 1.165) is 34.1 Å². The molecule has 6 nitrogen and oxygen atoms in total. The molecule has 0 spiro atoms. The van der Waals surface area contributed by atoms with Crippen LogP contribution in [0.2, 0.25) is 0 Å². The molecule has 3 heterocycles. The van der Waals surface area contributed by atoms with Crippen LogP contribution in [0, 0.1) is 13.8 Å². The van der Waals surface area contributed by atoms with Crippen LogP contribution in [0.1, 0.15) is 41.1 Å². The molecule has 1 atom stereocenters. The van der Waals surface area contributed by atoms with Crippen LogP contribution >= 0.6 is 11.8 Å². The lowest BCUT2D eigenvalue weighted by atomic mass is 10.2. The minimum atomic E-state index is -2.98. The van der Waals surface area contributed by atoms with Gasteiger partial charge in [0, 0.05) is 29.5 Å². The van der Waals surface area contributed by atoms with Gasteiger partial charge in [-0.1, -0.05) is 23.9 Å². The van der Waals surface area contributed by atoms with Gasteiger partial charge in [0.15, 0.2) is 20.8 Å². The van der Waals surface area contributed by atoms with E-state index in [1.165, 1.54) is 11.8 Å². The van der Waals surface area contributed by atoms with Crippen LogP contribution in [0.3, 0.4) is 0 Å². The van der Waals surface area contributed by atoms with Crippen LogP contribution in [-0.2, 0) is 16.4 Å². The Morgan fingerprint density at radius 3 is 2.72 bits per heavy atom. The Kier molecular flexibility index (Phi) is 5.33. The van der Waals surface area contributed by atoms with Crippen LogP contribution in [0.25, 0.3) is 11.0 Å². The van der Waals surface area contributed by atoms with Crippen molar-refractivity contribution in [3.63, 3.8) is 0 Å². The lowest BCUT2D eigenvalue weighted by Gasteiger charge is -2.16. The maximum absolute atomic E-state index is 13.0. The van der Waals surface area contributed by atoms with E-state index in [1.54, 1.807) is 0 Å². The van der Waals surface area contributed by atoms with Gasteiger partial charge in [-0.05, 0) is 45.4 Å². The smallest absolute Gasteiger partial charge is 0.175 e. The third kappa shape index (κ3) is 3.75. The SMILES string of the molecule is CCn1c(SCC(=O)c2cc(C)n([C@H]3CCS(=O)(=O)C3)c2C)nc2ccccc21. The predicted octanol–water partition coefficient (Wildman–Crippen LogP) is 3.81. The molecule has 154 valence electrons. The molecule has 1 aliphatic heterocycles. The number of para-hydroxylation sites is 2. The lowest BCUT2D eigenvalue weighted by molar-refractivity contribution is 0.102. The number of ketones is 1. The zero-order valence-corrected chi connectivity index (χ0v) is 18.5. The molecule has 1 aromatic carbocycles. The summed E-state index contributed by atoms with van der Waals surface area (Å²) in [6.45, 7) is 6.72. The van der Waals surface area contributed by atoms with Crippen LogP contribution in [0.4, 0.5) is 0 Å². The van der Waals surface area contributed by atoms with Crippen LogP contribution in [-0.4, -0.2) is 45.6 Å². The van der Waals surface area contributed by atoms with Crippen molar-refractivity contribution in [2.45, 2.75) is 44.9 Å². The number of aromatic nitrogens is 3. The van der Waals surface area contributed by atoms with Crippen LogP contribution in [0.15, 0.2) is 35.5 Å². The van der Waals surface area contributed by atoms with E-state index < -0.39 is 9.84 Å². The maximum Gasteiger partial charge on any atom is 0.175 e. The molecule has 0 radical (unpaired) electrons. The molecule has 0 aliphatic carbocycles. The number of sulfone groups is 1. The molecule has 1 saturated heterocycles. The molecule has 29 heavy (non-hydrogen) atoms. The molecular formula is C21H25N3O3S2. The number of rotatable bonds is 6. The second kappa shape index (κ2) is 7.65. The van der Waals surface area contributed by atoms with Crippen molar-refractivity contribution >= 4 is 38.4 Å². The third-order valence-corrected chi connectivity index (χ3v) is 8.35. The minimum absolute atomic E-state index is 0.0462. The number of carbonyl (C=O) groups excluding carboxylic acids is 1. The molecular weight excluding hydrogens is 406 g/mol. The molecule has 8 heteroatoms. The standard InChI is InChI=1S/C21H25N3O3S2/c1-4-23-19-8-6-5-7-18(19)22-21(23)28-12-20(25)17-11-14(2)24(15(17)3)16-9-10-29(26,27)13-16/h5-8,11,16H,4,9-10,12-13H2,1-3H3/t16-/m0/s1. The highest BCUT2D eigenvalue weighted by atomic mass is 32.2. The third-order valence-electron chi connectivity index (χ3n) is 5.63. The Morgan fingerprint density at radius 2 is 2.03 bits per heavy atom. The quantitative estimate of drug-likeness (QED) is 0.438. The molecule has 0 saturated carbocycles. The first kappa shape index (κ1) is 20.2. The fourth-order valence-corrected chi connectivity index (χ4v) is 6.94. The van der Waals surface area contributed by atoms with Crippen molar-refractivity contribution in [1.82, 2.24) is 14.1 Å². The number of carbonyl (C=O) groups is 1. The van der Waals surface area contributed by atoms with Gasteiger partial charge in [0.05, 0.1) is 28.3 Å². The van der Waals surface area contributed by atoms with Gasteiger partial charge in [0.1, 0.15) is 0 Å². The topological polar surface area (TPSA) is 74.0 Å². The highest BCUT2D eigenvalue weighted by Crippen LogP contribution is 2.30. The molecule has 3 aromatic rings. The fraction of sp³-hybridized carbons (Fsp3) is 0.429. The highest BCUT2D eigenvalue weighted by molar-refractivity contribution is 7.99. The predicted molar refractivity (Wildman–Crippen MR) is 117 cm³/mol. The molecule has 0 amide bonds. The molecule has 0 N–H and O–H groups in total. The van der Waals surface area contributed by atoms with E-state index in [0.29, 0.717) is 17.7 Å². The van der Waals surface area contributed by atoms with E-state index in [4.69, 9.17) is 0 Å². The van der Waals surface area contributed by atoms with Gasteiger partial charge < -0.3 is 9.13 Å². The van der Waals surface area contributed by atoms with Crippen LogP contribution < -0.4 is 0 Å². The Bertz CT molecular complexity index is 1190. The molecule has 2 aromatic heterocycles. The molecule has 4 rings (SSSR count). The maximum atomic E-state index is 13.0. The number of imidazole rings is 1. The van der Waals surface area contributed by atoms with Gasteiger partial charge in [0.2, 0.25) is 0 Å². The summed E-state index contributed by atoms with van der Waals surface area (Å²) in [5, 5.41) is 0.845. The highest BCUT2D eigenvalue weighted by Gasteiger charge is 2.31. The van der Waals surface area contributed by atoms with E-state index >= 15 is 0 Å². The van der Waals surface area contributed by atoms with Gasteiger partial charge in [-0.15, -0.1) is 0 Å². The summed E-state index contributed by atoms with van der Waals surface area (Å²) in [7, 11) is -2.98. The second-order valence-electron chi connectivity index (χ2n) is 7.55. The summed E-state index contributed by atoms with van der Waals surface area (Å²) in [5.74, 6) is 0.731. The van der Waals surface area contributed by atoms with Gasteiger partial charge in [0.25, 0.3) is 0 Å². The first-order valence-electron chi connectivity index (χ1n) is 9.81. The number of nitrogens with zero attached hydrogens (tertiary/aromatic N) is 3. The fourth-order valence-electron chi connectivity index (χ4n) is 4.28. The average molecular weight is 432 g/mol. The van der Waals surface area contributed by atoms with E-state index in [1.807, 2.05) is 48.7 Å². The monoisotopic (exact) mass is 431 g/mol. The summed E-state index contributed by atoms with van der Waals surface area (Å²) in [6, 6.07) is 9.81. The van der Waals surface area contributed by atoms with Gasteiger partial charge >= 0.3 is 0 Å². The number of fused-ring (bicyclic) bond motifs is 1. The van der Waals surface area contributed by atoms with Crippen molar-refractivity contribution in [2.24, 2.45) is 0 Å². The largest absolute Gasteiger partial charge is 0.344 e. The number of thioether (sulfide) groups is 1. The van der Waals surface area contributed by atoms with E-state index in [9.17, 15) is 13.2 Å².